The van der Waals surface area contributed by atoms with Gasteiger partial charge in [0.25, 0.3) is 0 Å². The number of hydrogen-bond donors (Lipinski definition) is 2. The number of benzene rings is 1. The summed E-state index contributed by atoms with van der Waals surface area (Å²) in [6.07, 6.45) is 7.75. The van der Waals surface area contributed by atoms with E-state index in [2.05, 4.69) is 45.5 Å². The number of amides is 1. The van der Waals surface area contributed by atoms with Crippen LogP contribution in [-0.4, -0.2) is 34.1 Å². The Hall–Kier alpha value is -2.14. The zero-order valence-corrected chi connectivity index (χ0v) is 14.8. The van der Waals surface area contributed by atoms with Crippen LogP contribution in [0.3, 0.4) is 0 Å². The minimum atomic E-state index is 0.0500. The quantitative estimate of drug-likeness (QED) is 0.900. The molecule has 0 saturated heterocycles. The van der Waals surface area contributed by atoms with Crippen LogP contribution in [-0.2, 0) is 30.6 Å². The fourth-order valence-electron chi connectivity index (χ4n) is 4.01. The van der Waals surface area contributed by atoms with E-state index < -0.39 is 0 Å². The Kier molecular flexibility index (Phi) is 4.57. The molecule has 132 valence electrons. The molecule has 0 spiro atoms. The maximum absolute atomic E-state index is 12.5. The standard InChI is InChI=1S/C20H26N4O/c1-14(16-7-6-15-4-2-3-5-17(15)10-16)22-20(25)13-24-9-8-19-18(12-24)11-21-23-19/h6-7,10-11,14H,2-5,8-9,12-13H2,1H3,(H,21,23)(H,22,25). The molecule has 2 heterocycles. The van der Waals surface area contributed by atoms with Crippen LogP contribution in [0.1, 0.15) is 53.8 Å². The smallest absolute Gasteiger partial charge is 0.234 e. The lowest BCUT2D eigenvalue weighted by molar-refractivity contribution is -0.123. The fourth-order valence-corrected chi connectivity index (χ4v) is 4.01. The molecule has 1 unspecified atom stereocenters. The van der Waals surface area contributed by atoms with Gasteiger partial charge in [0, 0.05) is 30.8 Å². The lowest BCUT2D eigenvalue weighted by Gasteiger charge is -2.26. The van der Waals surface area contributed by atoms with Gasteiger partial charge in [-0.3, -0.25) is 14.8 Å². The predicted molar refractivity (Wildman–Crippen MR) is 97.2 cm³/mol. The van der Waals surface area contributed by atoms with Crippen LogP contribution < -0.4 is 5.32 Å². The van der Waals surface area contributed by atoms with E-state index in [9.17, 15) is 4.79 Å². The molecule has 1 atom stereocenters. The molecule has 0 radical (unpaired) electrons. The first-order valence-electron chi connectivity index (χ1n) is 9.33. The van der Waals surface area contributed by atoms with Crippen molar-refractivity contribution < 1.29 is 4.79 Å². The van der Waals surface area contributed by atoms with Crippen molar-refractivity contribution in [2.45, 2.75) is 51.6 Å². The van der Waals surface area contributed by atoms with Gasteiger partial charge in [-0.2, -0.15) is 5.10 Å². The van der Waals surface area contributed by atoms with Gasteiger partial charge in [-0.05, 0) is 49.3 Å². The Morgan fingerprint density at radius 2 is 2.08 bits per heavy atom. The summed E-state index contributed by atoms with van der Waals surface area (Å²) in [5, 5.41) is 10.3. The van der Waals surface area contributed by atoms with Gasteiger partial charge in [0.15, 0.2) is 0 Å². The number of nitrogens with zero attached hydrogens (tertiary/aromatic N) is 2. The Bertz CT molecular complexity index is 767. The Morgan fingerprint density at radius 3 is 2.96 bits per heavy atom. The molecular formula is C20H26N4O. The highest BCUT2D eigenvalue weighted by atomic mass is 16.2. The molecule has 1 aromatic heterocycles. The lowest BCUT2D eigenvalue weighted by Crippen LogP contribution is -2.40. The number of aryl methyl sites for hydroxylation is 2. The second-order valence-electron chi connectivity index (χ2n) is 7.36. The van der Waals surface area contributed by atoms with Gasteiger partial charge in [-0.1, -0.05) is 18.2 Å². The maximum atomic E-state index is 12.5. The van der Waals surface area contributed by atoms with E-state index >= 15 is 0 Å². The van der Waals surface area contributed by atoms with Gasteiger partial charge in [-0.25, -0.2) is 0 Å². The number of aromatic amines is 1. The van der Waals surface area contributed by atoms with Gasteiger partial charge in [0.1, 0.15) is 0 Å². The van der Waals surface area contributed by atoms with Crippen LogP contribution in [0.15, 0.2) is 24.4 Å². The predicted octanol–water partition coefficient (Wildman–Crippen LogP) is 2.52. The molecule has 4 rings (SSSR count). The highest BCUT2D eigenvalue weighted by Gasteiger charge is 2.21. The average molecular weight is 338 g/mol. The SMILES string of the molecule is CC(NC(=O)CN1CCc2[nH]ncc2C1)c1ccc2c(c1)CCCC2. The summed E-state index contributed by atoms with van der Waals surface area (Å²) < 4.78 is 0. The second-order valence-corrected chi connectivity index (χ2v) is 7.36. The number of H-pyrrole nitrogens is 1. The highest BCUT2D eigenvalue weighted by molar-refractivity contribution is 5.78. The van der Waals surface area contributed by atoms with Crippen molar-refractivity contribution in [2.75, 3.05) is 13.1 Å². The van der Waals surface area contributed by atoms with Crippen molar-refractivity contribution in [3.05, 3.63) is 52.3 Å². The Balaban J connectivity index is 1.34. The third-order valence-corrected chi connectivity index (χ3v) is 5.50. The van der Waals surface area contributed by atoms with E-state index in [1.54, 1.807) is 0 Å². The van der Waals surface area contributed by atoms with Crippen LogP contribution in [0.2, 0.25) is 0 Å². The molecule has 0 saturated carbocycles. The number of nitrogens with one attached hydrogen (secondary N) is 2. The highest BCUT2D eigenvalue weighted by Crippen LogP contribution is 2.24. The van der Waals surface area contributed by atoms with E-state index in [0.29, 0.717) is 6.54 Å². The maximum Gasteiger partial charge on any atom is 0.234 e. The van der Waals surface area contributed by atoms with Crippen molar-refractivity contribution >= 4 is 5.91 Å². The van der Waals surface area contributed by atoms with E-state index in [1.807, 2.05) is 6.20 Å². The zero-order valence-electron chi connectivity index (χ0n) is 14.8. The zero-order chi connectivity index (χ0) is 17.2. The third-order valence-electron chi connectivity index (χ3n) is 5.50. The van der Waals surface area contributed by atoms with Crippen molar-refractivity contribution in [3.8, 4) is 0 Å². The monoisotopic (exact) mass is 338 g/mol. The third kappa shape index (κ3) is 3.61. The molecule has 0 fully saturated rings. The molecule has 25 heavy (non-hydrogen) atoms. The first-order chi connectivity index (χ1) is 12.2. The first-order valence-corrected chi connectivity index (χ1v) is 9.33. The van der Waals surface area contributed by atoms with Crippen molar-refractivity contribution in [1.29, 1.82) is 0 Å². The summed E-state index contributed by atoms with van der Waals surface area (Å²) in [6.45, 7) is 4.22. The molecule has 0 bridgehead atoms. The van der Waals surface area contributed by atoms with Gasteiger partial charge in [-0.15, -0.1) is 0 Å². The van der Waals surface area contributed by atoms with Crippen molar-refractivity contribution in [3.63, 3.8) is 0 Å². The van der Waals surface area contributed by atoms with Crippen molar-refractivity contribution in [2.24, 2.45) is 0 Å². The number of carbonyl (C=O) groups excluding carboxylic acids is 1. The summed E-state index contributed by atoms with van der Waals surface area (Å²) in [4.78, 5) is 14.6. The molecule has 5 nitrogen and oxygen atoms in total. The van der Waals surface area contributed by atoms with E-state index in [-0.39, 0.29) is 11.9 Å². The van der Waals surface area contributed by atoms with E-state index in [0.717, 1.165) is 19.5 Å². The van der Waals surface area contributed by atoms with Crippen molar-refractivity contribution in [1.82, 2.24) is 20.4 Å². The summed E-state index contributed by atoms with van der Waals surface area (Å²) in [5.41, 5.74) is 6.58. The van der Waals surface area contributed by atoms with Crippen LogP contribution in [0, 0.1) is 0 Å². The molecule has 1 amide bonds. The Morgan fingerprint density at radius 1 is 1.24 bits per heavy atom. The normalized spacial score (nSPS) is 18.3. The topological polar surface area (TPSA) is 61.0 Å². The molecular weight excluding hydrogens is 312 g/mol. The van der Waals surface area contributed by atoms with Crippen LogP contribution in [0.25, 0.3) is 0 Å². The summed E-state index contributed by atoms with van der Waals surface area (Å²) >= 11 is 0. The average Bonchev–Trinajstić information content (AvgIpc) is 3.09. The van der Waals surface area contributed by atoms with Crippen LogP contribution in [0.5, 0.6) is 0 Å². The summed E-state index contributed by atoms with van der Waals surface area (Å²) in [5.74, 6) is 0.0946. The lowest BCUT2D eigenvalue weighted by atomic mass is 9.89. The second kappa shape index (κ2) is 7.00. The number of hydrogen-bond acceptors (Lipinski definition) is 3. The van der Waals surface area contributed by atoms with Gasteiger partial charge in [0.2, 0.25) is 5.91 Å². The molecule has 1 aliphatic carbocycles. The fraction of sp³-hybridized carbons (Fsp3) is 0.500. The van der Waals surface area contributed by atoms with Gasteiger partial charge >= 0.3 is 0 Å². The van der Waals surface area contributed by atoms with Gasteiger partial charge < -0.3 is 5.32 Å². The number of aromatic nitrogens is 2. The minimum absolute atomic E-state index is 0.0500. The van der Waals surface area contributed by atoms with E-state index in [4.69, 9.17) is 0 Å². The summed E-state index contributed by atoms with van der Waals surface area (Å²) in [7, 11) is 0. The Labute approximate surface area is 148 Å². The molecule has 2 N–H and O–H groups in total. The first kappa shape index (κ1) is 16.3. The van der Waals surface area contributed by atoms with Gasteiger partial charge in [0.05, 0.1) is 18.8 Å². The molecule has 2 aliphatic rings. The largest absolute Gasteiger partial charge is 0.348 e. The number of rotatable bonds is 4. The molecule has 1 aliphatic heterocycles. The number of fused-ring (bicyclic) bond motifs is 2. The minimum Gasteiger partial charge on any atom is -0.348 e. The summed E-state index contributed by atoms with van der Waals surface area (Å²) in [6, 6.07) is 6.76. The van der Waals surface area contributed by atoms with Crippen LogP contribution in [0.4, 0.5) is 0 Å². The van der Waals surface area contributed by atoms with Crippen LogP contribution >= 0.6 is 0 Å². The molecule has 5 heteroatoms. The van der Waals surface area contributed by atoms with E-state index in [1.165, 1.54) is 53.6 Å². The molecule has 2 aromatic rings. The molecule has 1 aromatic carbocycles. The number of carbonyl (C=O) groups is 1.